The van der Waals surface area contributed by atoms with Crippen molar-refractivity contribution in [3.05, 3.63) is 47.7 Å². The average molecular weight is 266 g/mol. The quantitative estimate of drug-likeness (QED) is 0.773. The van der Waals surface area contributed by atoms with Gasteiger partial charge in [0.2, 0.25) is 0 Å². The molecule has 0 saturated carbocycles. The van der Waals surface area contributed by atoms with Gasteiger partial charge in [-0.15, -0.1) is 0 Å². The molecule has 1 N–H and O–H groups in total. The molecule has 0 aliphatic carbocycles. The van der Waals surface area contributed by atoms with E-state index in [1.807, 2.05) is 31.2 Å². The summed E-state index contributed by atoms with van der Waals surface area (Å²) >= 11 is 1.43. The molecule has 0 radical (unpaired) electrons. The van der Waals surface area contributed by atoms with E-state index >= 15 is 0 Å². The van der Waals surface area contributed by atoms with Crippen molar-refractivity contribution < 1.29 is 0 Å². The molecule has 4 nitrogen and oxygen atoms in total. The molecule has 0 aliphatic rings. The third-order valence-corrected chi connectivity index (χ3v) is 3.43. The number of hydrogen-bond acceptors (Lipinski definition) is 4. The lowest BCUT2D eigenvalue weighted by atomic mass is 10.2. The summed E-state index contributed by atoms with van der Waals surface area (Å²) in [6.07, 6.45) is 0. The number of aromatic amines is 1. The van der Waals surface area contributed by atoms with E-state index in [0.29, 0.717) is 5.56 Å². The maximum Gasteiger partial charge on any atom is 0.172 e. The van der Waals surface area contributed by atoms with Gasteiger partial charge in [0.15, 0.2) is 5.16 Å². The van der Waals surface area contributed by atoms with Crippen LogP contribution in [0.3, 0.4) is 0 Å². The van der Waals surface area contributed by atoms with Gasteiger partial charge in [-0.3, -0.25) is 0 Å². The number of imidazole rings is 1. The maximum atomic E-state index is 8.96. The van der Waals surface area contributed by atoms with Crippen molar-refractivity contribution in [3.63, 3.8) is 0 Å². The summed E-state index contributed by atoms with van der Waals surface area (Å²) in [5, 5.41) is 10.5. The zero-order valence-corrected chi connectivity index (χ0v) is 11.0. The van der Waals surface area contributed by atoms with Gasteiger partial charge in [-0.25, -0.2) is 9.97 Å². The van der Waals surface area contributed by atoms with Crippen LogP contribution in [0.25, 0.3) is 11.0 Å². The first kappa shape index (κ1) is 11.8. The number of nitrogens with zero attached hydrogens (tertiary/aromatic N) is 3. The molecule has 2 heterocycles. The SMILES string of the molecule is Cc1cc(C#N)cc(Sc2nc3ccccc3[nH]2)n1. The number of nitrogens with one attached hydrogen (secondary N) is 1. The van der Waals surface area contributed by atoms with Gasteiger partial charge in [0.1, 0.15) is 5.03 Å². The van der Waals surface area contributed by atoms with Crippen LogP contribution in [0.1, 0.15) is 11.3 Å². The second-order valence-corrected chi connectivity index (χ2v) is 5.12. The van der Waals surface area contributed by atoms with Gasteiger partial charge in [0, 0.05) is 5.69 Å². The number of aromatic nitrogens is 3. The Labute approximate surface area is 114 Å². The smallest absolute Gasteiger partial charge is 0.172 e. The van der Waals surface area contributed by atoms with Gasteiger partial charge < -0.3 is 4.98 Å². The van der Waals surface area contributed by atoms with Gasteiger partial charge >= 0.3 is 0 Å². The number of aryl methyl sites for hydroxylation is 1. The van der Waals surface area contributed by atoms with Crippen molar-refractivity contribution in [2.45, 2.75) is 17.1 Å². The van der Waals surface area contributed by atoms with Gasteiger partial charge in [0.25, 0.3) is 0 Å². The predicted molar refractivity (Wildman–Crippen MR) is 73.9 cm³/mol. The molecular formula is C14H10N4S. The lowest BCUT2D eigenvalue weighted by molar-refractivity contribution is 1.03. The summed E-state index contributed by atoms with van der Waals surface area (Å²) < 4.78 is 0. The Hall–Kier alpha value is -2.32. The first-order valence-electron chi connectivity index (χ1n) is 5.76. The van der Waals surface area contributed by atoms with Crippen LogP contribution in [0.5, 0.6) is 0 Å². The summed E-state index contributed by atoms with van der Waals surface area (Å²) in [5.41, 5.74) is 3.38. The highest BCUT2D eigenvalue weighted by molar-refractivity contribution is 7.99. The lowest BCUT2D eigenvalue weighted by Crippen LogP contribution is -1.88. The summed E-state index contributed by atoms with van der Waals surface area (Å²) in [5.74, 6) is 0. The van der Waals surface area contributed by atoms with Crippen LogP contribution >= 0.6 is 11.8 Å². The number of pyridine rings is 1. The molecule has 0 saturated heterocycles. The summed E-state index contributed by atoms with van der Waals surface area (Å²) in [6.45, 7) is 1.88. The van der Waals surface area contributed by atoms with E-state index in [-0.39, 0.29) is 0 Å². The first-order chi connectivity index (χ1) is 9.24. The second kappa shape index (κ2) is 4.75. The topological polar surface area (TPSA) is 65.4 Å². The lowest BCUT2D eigenvalue weighted by Gasteiger charge is -1.99. The molecule has 1 aromatic carbocycles. The third kappa shape index (κ3) is 2.44. The van der Waals surface area contributed by atoms with Crippen molar-refractivity contribution in [1.82, 2.24) is 15.0 Å². The fraction of sp³-hybridized carbons (Fsp3) is 0.0714. The average Bonchev–Trinajstić information content (AvgIpc) is 2.80. The Balaban J connectivity index is 1.96. The molecule has 0 spiro atoms. The molecule has 3 rings (SSSR count). The minimum Gasteiger partial charge on any atom is -0.333 e. The molecule has 92 valence electrons. The highest BCUT2D eigenvalue weighted by Gasteiger charge is 2.06. The first-order valence-corrected chi connectivity index (χ1v) is 6.57. The Bertz CT molecular complexity index is 752. The Morgan fingerprint density at radius 3 is 2.84 bits per heavy atom. The minimum absolute atomic E-state index is 0.617. The van der Waals surface area contributed by atoms with Crippen LogP contribution in [0.2, 0.25) is 0 Å². The molecule has 3 aromatic rings. The normalized spacial score (nSPS) is 10.5. The van der Waals surface area contributed by atoms with Gasteiger partial charge in [-0.2, -0.15) is 5.26 Å². The van der Waals surface area contributed by atoms with E-state index in [1.54, 1.807) is 12.1 Å². The number of H-pyrrole nitrogens is 1. The van der Waals surface area contributed by atoms with E-state index in [9.17, 15) is 0 Å². The van der Waals surface area contributed by atoms with E-state index in [2.05, 4.69) is 21.0 Å². The summed E-state index contributed by atoms with van der Waals surface area (Å²) in [6, 6.07) is 13.5. The molecule has 19 heavy (non-hydrogen) atoms. The molecule has 0 atom stereocenters. The molecule has 2 aromatic heterocycles. The van der Waals surface area contributed by atoms with Crippen LogP contribution in [0, 0.1) is 18.3 Å². The van der Waals surface area contributed by atoms with Crippen LogP contribution < -0.4 is 0 Å². The Morgan fingerprint density at radius 1 is 1.21 bits per heavy atom. The molecule has 0 unspecified atom stereocenters. The van der Waals surface area contributed by atoms with Crippen molar-refractivity contribution in [2.24, 2.45) is 0 Å². The highest BCUT2D eigenvalue weighted by atomic mass is 32.2. The predicted octanol–water partition coefficient (Wildman–Crippen LogP) is 3.29. The van der Waals surface area contributed by atoms with Crippen LogP contribution in [0.4, 0.5) is 0 Å². The van der Waals surface area contributed by atoms with Crippen LogP contribution in [0.15, 0.2) is 46.6 Å². The van der Waals surface area contributed by atoms with Crippen molar-refractivity contribution in [3.8, 4) is 6.07 Å². The molecule has 0 bridgehead atoms. The summed E-state index contributed by atoms with van der Waals surface area (Å²) in [4.78, 5) is 12.1. The van der Waals surface area contributed by atoms with Crippen molar-refractivity contribution >= 4 is 22.8 Å². The zero-order valence-electron chi connectivity index (χ0n) is 10.2. The molecule has 5 heteroatoms. The van der Waals surface area contributed by atoms with Gasteiger partial charge in [-0.1, -0.05) is 12.1 Å². The van der Waals surface area contributed by atoms with Gasteiger partial charge in [0.05, 0.1) is 22.7 Å². The second-order valence-electron chi connectivity index (χ2n) is 4.11. The van der Waals surface area contributed by atoms with Gasteiger partial charge in [-0.05, 0) is 43.0 Å². The Kier molecular flexibility index (Phi) is 2.94. The molecule has 0 aliphatic heterocycles. The fourth-order valence-electron chi connectivity index (χ4n) is 1.83. The number of rotatable bonds is 2. The fourth-order valence-corrected chi connectivity index (χ4v) is 2.71. The van der Waals surface area contributed by atoms with Crippen LogP contribution in [-0.2, 0) is 0 Å². The zero-order chi connectivity index (χ0) is 13.2. The minimum atomic E-state index is 0.617. The molecule has 0 amide bonds. The maximum absolute atomic E-state index is 8.96. The number of nitriles is 1. The van der Waals surface area contributed by atoms with E-state index in [1.165, 1.54) is 11.8 Å². The monoisotopic (exact) mass is 266 g/mol. The van der Waals surface area contributed by atoms with Crippen molar-refractivity contribution in [1.29, 1.82) is 5.26 Å². The van der Waals surface area contributed by atoms with E-state index in [0.717, 1.165) is 26.9 Å². The van der Waals surface area contributed by atoms with Crippen LogP contribution in [-0.4, -0.2) is 15.0 Å². The number of benzene rings is 1. The van der Waals surface area contributed by atoms with Crippen molar-refractivity contribution in [2.75, 3.05) is 0 Å². The summed E-state index contributed by atoms with van der Waals surface area (Å²) in [7, 11) is 0. The highest BCUT2D eigenvalue weighted by Crippen LogP contribution is 2.26. The number of fused-ring (bicyclic) bond motifs is 1. The standard InChI is InChI=1S/C14H10N4S/c1-9-6-10(8-15)7-13(16-9)19-14-17-11-4-2-3-5-12(11)18-14/h2-7H,1H3,(H,17,18). The Morgan fingerprint density at radius 2 is 2.05 bits per heavy atom. The molecular weight excluding hydrogens is 256 g/mol. The van der Waals surface area contributed by atoms with E-state index < -0.39 is 0 Å². The number of hydrogen-bond donors (Lipinski definition) is 1. The largest absolute Gasteiger partial charge is 0.333 e. The molecule has 0 fully saturated rings. The van der Waals surface area contributed by atoms with E-state index in [4.69, 9.17) is 5.26 Å². The third-order valence-electron chi connectivity index (χ3n) is 2.63. The number of para-hydroxylation sites is 2.